The Hall–Kier alpha value is -1.58. The SMILES string of the molecule is CC(C)(C)C1CCCN(c2ccc(C(=N)N)cc2F)CC1. The normalized spacial score (nSPS) is 20.2. The number of amidine groups is 1. The molecule has 1 aliphatic heterocycles. The molecule has 3 N–H and O–H groups in total. The number of benzene rings is 1. The van der Waals surface area contributed by atoms with Crippen LogP contribution in [0.15, 0.2) is 18.2 Å². The molecule has 0 bridgehead atoms. The number of hydrogen-bond donors (Lipinski definition) is 2. The van der Waals surface area contributed by atoms with E-state index in [1.54, 1.807) is 12.1 Å². The molecule has 3 nitrogen and oxygen atoms in total. The van der Waals surface area contributed by atoms with E-state index >= 15 is 0 Å². The molecule has 2 rings (SSSR count). The minimum Gasteiger partial charge on any atom is -0.384 e. The summed E-state index contributed by atoms with van der Waals surface area (Å²) in [6.45, 7) is 8.64. The molecular weight excluding hydrogens is 265 g/mol. The molecule has 1 aliphatic rings. The molecular formula is C17H26FN3. The van der Waals surface area contributed by atoms with Crippen LogP contribution in [0.5, 0.6) is 0 Å². The van der Waals surface area contributed by atoms with Crippen molar-refractivity contribution in [3.8, 4) is 0 Å². The first-order valence-electron chi connectivity index (χ1n) is 7.68. The first kappa shape index (κ1) is 15.8. The minimum absolute atomic E-state index is 0.0934. The van der Waals surface area contributed by atoms with E-state index in [9.17, 15) is 4.39 Å². The average molecular weight is 291 g/mol. The van der Waals surface area contributed by atoms with Gasteiger partial charge in [-0.25, -0.2) is 4.39 Å². The zero-order valence-electron chi connectivity index (χ0n) is 13.2. The van der Waals surface area contributed by atoms with Gasteiger partial charge in [0.05, 0.1) is 5.69 Å². The second-order valence-corrected chi connectivity index (χ2v) is 7.06. The van der Waals surface area contributed by atoms with Gasteiger partial charge in [-0.3, -0.25) is 5.41 Å². The molecule has 0 aliphatic carbocycles. The Morgan fingerprint density at radius 3 is 2.57 bits per heavy atom. The monoisotopic (exact) mass is 291 g/mol. The lowest BCUT2D eigenvalue weighted by atomic mass is 9.77. The van der Waals surface area contributed by atoms with Gasteiger partial charge in [-0.05, 0) is 48.8 Å². The Morgan fingerprint density at radius 1 is 1.29 bits per heavy atom. The molecule has 0 radical (unpaired) electrons. The summed E-state index contributed by atoms with van der Waals surface area (Å²) in [6, 6.07) is 4.85. The van der Waals surface area contributed by atoms with Gasteiger partial charge in [-0.15, -0.1) is 0 Å². The van der Waals surface area contributed by atoms with Gasteiger partial charge in [-0.1, -0.05) is 20.8 Å². The van der Waals surface area contributed by atoms with Crippen LogP contribution in [0.1, 0.15) is 45.6 Å². The minimum atomic E-state index is -0.281. The molecule has 0 saturated carbocycles. The number of nitrogens with one attached hydrogen (secondary N) is 1. The Labute approximate surface area is 126 Å². The number of halogens is 1. The maximum Gasteiger partial charge on any atom is 0.147 e. The van der Waals surface area contributed by atoms with Gasteiger partial charge >= 0.3 is 0 Å². The second kappa shape index (κ2) is 6.04. The van der Waals surface area contributed by atoms with Crippen LogP contribution in [-0.4, -0.2) is 18.9 Å². The van der Waals surface area contributed by atoms with Gasteiger partial charge in [0, 0.05) is 18.7 Å². The van der Waals surface area contributed by atoms with Gasteiger partial charge in [0.2, 0.25) is 0 Å². The fourth-order valence-electron chi connectivity index (χ4n) is 3.13. The molecule has 1 heterocycles. The van der Waals surface area contributed by atoms with Gasteiger partial charge < -0.3 is 10.6 Å². The predicted molar refractivity (Wildman–Crippen MR) is 86.4 cm³/mol. The van der Waals surface area contributed by atoms with Crippen molar-refractivity contribution in [2.24, 2.45) is 17.1 Å². The summed E-state index contributed by atoms with van der Waals surface area (Å²) in [5, 5.41) is 7.37. The number of rotatable bonds is 2. The van der Waals surface area contributed by atoms with Crippen molar-refractivity contribution in [3.05, 3.63) is 29.6 Å². The highest BCUT2D eigenvalue weighted by atomic mass is 19.1. The Kier molecular flexibility index (Phi) is 4.55. The molecule has 0 amide bonds. The van der Waals surface area contributed by atoms with Gasteiger partial charge in [-0.2, -0.15) is 0 Å². The van der Waals surface area contributed by atoms with Gasteiger partial charge in [0.15, 0.2) is 0 Å². The van der Waals surface area contributed by atoms with Crippen molar-refractivity contribution in [1.29, 1.82) is 5.41 Å². The van der Waals surface area contributed by atoms with Gasteiger partial charge in [0.25, 0.3) is 0 Å². The summed E-state index contributed by atoms with van der Waals surface area (Å²) in [4.78, 5) is 2.13. The maximum absolute atomic E-state index is 14.3. The first-order valence-corrected chi connectivity index (χ1v) is 7.68. The van der Waals surface area contributed by atoms with Crippen molar-refractivity contribution < 1.29 is 4.39 Å². The summed E-state index contributed by atoms with van der Waals surface area (Å²) in [5.41, 5.74) is 6.79. The fourth-order valence-corrected chi connectivity index (χ4v) is 3.13. The van der Waals surface area contributed by atoms with Crippen LogP contribution in [0, 0.1) is 22.6 Å². The highest BCUT2D eigenvalue weighted by Gasteiger charge is 2.27. The predicted octanol–water partition coefficient (Wildman–Crippen LogP) is 3.76. The maximum atomic E-state index is 14.3. The van der Waals surface area contributed by atoms with E-state index in [1.807, 2.05) is 0 Å². The molecule has 0 spiro atoms. The highest BCUT2D eigenvalue weighted by Crippen LogP contribution is 2.35. The number of nitrogen functional groups attached to an aromatic ring is 1. The van der Waals surface area contributed by atoms with E-state index in [1.165, 1.54) is 12.5 Å². The first-order chi connectivity index (χ1) is 9.79. The van der Waals surface area contributed by atoms with Crippen LogP contribution >= 0.6 is 0 Å². The highest BCUT2D eigenvalue weighted by molar-refractivity contribution is 5.95. The number of nitrogens with zero attached hydrogens (tertiary/aromatic N) is 1. The van der Waals surface area contributed by atoms with E-state index in [4.69, 9.17) is 11.1 Å². The molecule has 1 atom stereocenters. The van der Waals surface area contributed by atoms with E-state index in [2.05, 4.69) is 25.7 Å². The summed E-state index contributed by atoms with van der Waals surface area (Å²) in [7, 11) is 0. The van der Waals surface area contributed by atoms with Crippen molar-refractivity contribution in [2.75, 3.05) is 18.0 Å². The Bertz CT molecular complexity index is 519. The molecule has 116 valence electrons. The lowest BCUT2D eigenvalue weighted by Gasteiger charge is -2.30. The van der Waals surface area contributed by atoms with Crippen LogP contribution < -0.4 is 10.6 Å². The van der Waals surface area contributed by atoms with Crippen LogP contribution in [0.2, 0.25) is 0 Å². The molecule has 0 aromatic heterocycles. The molecule has 1 unspecified atom stereocenters. The van der Waals surface area contributed by atoms with E-state index in [0.717, 1.165) is 25.9 Å². The summed E-state index contributed by atoms with van der Waals surface area (Å²) >= 11 is 0. The standard InChI is InChI=1S/C17H26FN3/c1-17(2,3)13-5-4-9-21(10-8-13)15-7-6-12(16(19)20)11-14(15)18/h6-7,11,13H,4-5,8-10H2,1-3H3,(H3,19,20). The Morgan fingerprint density at radius 2 is 2.00 bits per heavy atom. The van der Waals surface area contributed by atoms with E-state index < -0.39 is 0 Å². The van der Waals surface area contributed by atoms with E-state index in [0.29, 0.717) is 22.6 Å². The third-order valence-electron chi connectivity index (χ3n) is 4.55. The smallest absolute Gasteiger partial charge is 0.147 e. The Balaban J connectivity index is 2.14. The topological polar surface area (TPSA) is 53.1 Å². The van der Waals surface area contributed by atoms with Crippen LogP contribution in [0.3, 0.4) is 0 Å². The third-order valence-corrected chi connectivity index (χ3v) is 4.55. The quantitative estimate of drug-likeness (QED) is 0.644. The van der Waals surface area contributed by atoms with Crippen molar-refractivity contribution in [1.82, 2.24) is 0 Å². The van der Waals surface area contributed by atoms with Crippen LogP contribution in [0.25, 0.3) is 0 Å². The van der Waals surface area contributed by atoms with Crippen molar-refractivity contribution in [2.45, 2.75) is 40.0 Å². The fraction of sp³-hybridized carbons (Fsp3) is 0.588. The zero-order chi connectivity index (χ0) is 15.6. The zero-order valence-corrected chi connectivity index (χ0v) is 13.2. The van der Waals surface area contributed by atoms with Crippen molar-refractivity contribution in [3.63, 3.8) is 0 Å². The summed E-state index contributed by atoms with van der Waals surface area (Å²) in [5.74, 6) is 0.308. The molecule has 4 heteroatoms. The number of nitrogens with two attached hydrogens (primary N) is 1. The molecule has 21 heavy (non-hydrogen) atoms. The molecule has 1 aromatic carbocycles. The molecule has 1 fully saturated rings. The number of hydrogen-bond acceptors (Lipinski definition) is 2. The lowest BCUT2D eigenvalue weighted by molar-refractivity contribution is 0.220. The largest absolute Gasteiger partial charge is 0.384 e. The number of anilines is 1. The van der Waals surface area contributed by atoms with E-state index in [-0.39, 0.29) is 11.7 Å². The van der Waals surface area contributed by atoms with Gasteiger partial charge in [0.1, 0.15) is 11.7 Å². The van der Waals surface area contributed by atoms with Crippen LogP contribution in [0.4, 0.5) is 10.1 Å². The average Bonchev–Trinajstić information content (AvgIpc) is 2.63. The lowest BCUT2D eigenvalue weighted by Crippen LogP contribution is -2.27. The summed E-state index contributed by atoms with van der Waals surface area (Å²) < 4.78 is 14.3. The molecule has 1 aromatic rings. The van der Waals surface area contributed by atoms with Crippen molar-refractivity contribution >= 4 is 11.5 Å². The van der Waals surface area contributed by atoms with Crippen LogP contribution in [-0.2, 0) is 0 Å². The third kappa shape index (κ3) is 3.74. The second-order valence-electron chi connectivity index (χ2n) is 7.06. The molecule has 1 saturated heterocycles. The summed E-state index contributed by atoms with van der Waals surface area (Å²) in [6.07, 6.45) is 3.39.